The molecule has 0 saturated carbocycles. The van der Waals surface area contributed by atoms with Crippen molar-refractivity contribution in [1.82, 2.24) is 15.1 Å². The number of hydrogen-bond donors (Lipinski definition) is 2. The first kappa shape index (κ1) is 16.0. The van der Waals surface area contributed by atoms with Crippen LogP contribution in [0.2, 0.25) is 0 Å². The summed E-state index contributed by atoms with van der Waals surface area (Å²) in [6.07, 6.45) is 4.14. The Morgan fingerprint density at radius 3 is 2.46 bits per heavy atom. The molecule has 0 radical (unpaired) electrons. The molecular formula is C19H19N3O2. The van der Waals surface area contributed by atoms with Crippen LogP contribution in [-0.4, -0.2) is 33.4 Å². The molecule has 5 heteroatoms. The van der Waals surface area contributed by atoms with Crippen LogP contribution in [0.1, 0.15) is 15.9 Å². The van der Waals surface area contributed by atoms with Crippen molar-refractivity contribution in [2.75, 3.05) is 6.61 Å². The average Bonchev–Trinajstić information content (AvgIpc) is 3.17. The molecule has 0 saturated heterocycles. The molecule has 0 fully saturated rings. The molecule has 122 valence electrons. The number of rotatable bonds is 6. The van der Waals surface area contributed by atoms with Gasteiger partial charge in [0.25, 0.3) is 5.91 Å². The summed E-state index contributed by atoms with van der Waals surface area (Å²) in [4.78, 5) is 12.4. The molecule has 2 aromatic carbocycles. The molecule has 0 aliphatic rings. The van der Waals surface area contributed by atoms with Crippen molar-refractivity contribution in [2.24, 2.45) is 0 Å². The van der Waals surface area contributed by atoms with E-state index in [9.17, 15) is 9.90 Å². The molecule has 2 N–H and O–H groups in total. The largest absolute Gasteiger partial charge is 0.394 e. The maximum atomic E-state index is 12.4. The van der Waals surface area contributed by atoms with E-state index in [1.165, 1.54) is 0 Å². The van der Waals surface area contributed by atoms with E-state index in [-0.39, 0.29) is 18.6 Å². The summed E-state index contributed by atoms with van der Waals surface area (Å²) in [6, 6.07) is 18.5. The second-order valence-corrected chi connectivity index (χ2v) is 5.54. The number of aromatic nitrogens is 2. The fourth-order valence-corrected chi connectivity index (χ4v) is 2.52. The summed E-state index contributed by atoms with van der Waals surface area (Å²) in [5.74, 6) is -0.197. The summed E-state index contributed by atoms with van der Waals surface area (Å²) >= 11 is 0. The number of amides is 1. The molecule has 0 bridgehead atoms. The van der Waals surface area contributed by atoms with Gasteiger partial charge in [0.2, 0.25) is 0 Å². The van der Waals surface area contributed by atoms with Crippen LogP contribution < -0.4 is 5.32 Å². The molecule has 0 aliphatic carbocycles. The lowest BCUT2D eigenvalue weighted by molar-refractivity contribution is 0.0916. The van der Waals surface area contributed by atoms with Gasteiger partial charge < -0.3 is 10.4 Å². The van der Waals surface area contributed by atoms with E-state index in [0.29, 0.717) is 12.0 Å². The van der Waals surface area contributed by atoms with Gasteiger partial charge in [-0.3, -0.25) is 4.79 Å². The van der Waals surface area contributed by atoms with Crippen LogP contribution in [0, 0.1) is 0 Å². The molecule has 24 heavy (non-hydrogen) atoms. The smallest absolute Gasteiger partial charge is 0.251 e. The van der Waals surface area contributed by atoms with Crippen LogP contribution in [0.3, 0.4) is 0 Å². The van der Waals surface area contributed by atoms with Gasteiger partial charge in [0.15, 0.2) is 0 Å². The summed E-state index contributed by atoms with van der Waals surface area (Å²) in [5, 5.41) is 16.6. The monoisotopic (exact) mass is 321 g/mol. The quantitative estimate of drug-likeness (QED) is 0.731. The number of nitrogens with zero attached hydrogens (tertiary/aromatic N) is 2. The van der Waals surface area contributed by atoms with Gasteiger partial charge in [-0.15, -0.1) is 0 Å². The van der Waals surface area contributed by atoms with Gasteiger partial charge in [-0.25, -0.2) is 4.68 Å². The van der Waals surface area contributed by atoms with Crippen molar-refractivity contribution in [1.29, 1.82) is 0 Å². The van der Waals surface area contributed by atoms with Crippen LogP contribution in [-0.2, 0) is 6.42 Å². The fourth-order valence-electron chi connectivity index (χ4n) is 2.52. The van der Waals surface area contributed by atoms with Crippen LogP contribution in [0.15, 0.2) is 73.1 Å². The fraction of sp³-hybridized carbons (Fsp3) is 0.158. The minimum Gasteiger partial charge on any atom is -0.394 e. The predicted molar refractivity (Wildman–Crippen MR) is 92.1 cm³/mol. The Kier molecular flexibility index (Phi) is 5.03. The molecule has 5 nitrogen and oxygen atoms in total. The Balaban J connectivity index is 1.65. The van der Waals surface area contributed by atoms with Crippen molar-refractivity contribution in [2.45, 2.75) is 12.5 Å². The maximum Gasteiger partial charge on any atom is 0.251 e. The van der Waals surface area contributed by atoms with Crippen molar-refractivity contribution >= 4 is 5.91 Å². The third kappa shape index (κ3) is 3.88. The van der Waals surface area contributed by atoms with Gasteiger partial charge in [0.05, 0.1) is 18.3 Å². The normalized spacial score (nSPS) is 11.9. The van der Waals surface area contributed by atoms with E-state index in [0.717, 1.165) is 11.3 Å². The van der Waals surface area contributed by atoms with Crippen molar-refractivity contribution < 1.29 is 9.90 Å². The lowest BCUT2D eigenvalue weighted by Crippen LogP contribution is -2.39. The van der Waals surface area contributed by atoms with Crippen LogP contribution in [0.25, 0.3) is 5.69 Å². The molecule has 1 heterocycles. The standard InChI is InChI=1S/C19H19N3O2/c23-14-17(13-15-5-2-1-3-6-15)21-19(24)16-7-9-18(10-8-16)22-12-4-11-20-22/h1-12,17,23H,13-14H2,(H,21,24). The van der Waals surface area contributed by atoms with E-state index >= 15 is 0 Å². The third-order valence-corrected chi connectivity index (χ3v) is 3.78. The molecule has 3 aromatic rings. The van der Waals surface area contributed by atoms with Gasteiger partial charge in [-0.1, -0.05) is 30.3 Å². The highest BCUT2D eigenvalue weighted by molar-refractivity contribution is 5.94. The molecule has 1 amide bonds. The van der Waals surface area contributed by atoms with E-state index < -0.39 is 0 Å². The van der Waals surface area contributed by atoms with Gasteiger partial charge in [-0.05, 0) is 42.3 Å². The SMILES string of the molecule is O=C(NC(CO)Cc1ccccc1)c1ccc(-n2cccn2)cc1. The zero-order valence-corrected chi connectivity index (χ0v) is 13.2. The van der Waals surface area contributed by atoms with Crippen LogP contribution in [0.5, 0.6) is 0 Å². The number of hydrogen-bond acceptors (Lipinski definition) is 3. The van der Waals surface area contributed by atoms with E-state index in [1.54, 1.807) is 23.0 Å². The van der Waals surface area contributed by atoms with E-state index in [2.05, 4.69) is 10.4 Å². The number of aliphatic hydroxyl groups excluding tert-OH is 1. The first-order chi connectivity index (χ1) is 11.8. The van der Waals surface area contributed by atoms with Gasteiger partial charge >= 0.3 is 0 Å². The third-order valence-electron chi connectivity index (χ3n) is 3.78. The van der Waals surface area contributed by atoms with E-state index in [1.807, 2.05) is 54.7 Å². The van der Waals surface area contributed by atoms with E-state index in [4.69, 9.17) is 0 Å². The predicted octanol–water partition coefficient (Wildman–Crippen LogP) is 2.21. The molecule has 1 atom stereocenters. The lowest BCUT2D eigenvalue weighted by atomic mass is 10.1. The summed E-state index contributed by atoms with van der Waals surface area (Å²) in [5.41, 5.74) is 2.52. The summed E-state index contributed by atoms with van der Waals surface area (Å²) in [6.45, 7) is -0.105. The second kappa shape index (κ2) is 7.57. The Morgan fingerprint density at radius 2 is 1.83 bits per heavy atom. The number of carbonyl (C=O) groups is 1. The number of benzene rings is 2. The molecule has 0 spiro atoms. The van der Waals surface area contributed by atoms with Gasteiger partial charge in [0.1, 0.15) is 0 Å². The van der Waals surface area contributed by atoms with Crippen LogP contribution in [0.4, 0.5) is 0 Å². The summed E-state index contributed by atoms with van der Waals surface area (Å²) in [7, 11) is 0. The minimum absolute atomic E-state index is 0.105. The van der Waals surface area contributed by atoms with Crippen molar-refractivity contribution in [3.63, 3.8) is 0 Å². The number of aliphatic hydroxyl groups is 1. The van der Waals surface area contributed by atoms with Gasteiger partial charge in [-0.2, -0.15) is 5.10 Å². The highest BCUT2D eigenvalue weighted by atomic mass is 16.3. The highest BCUT2D eigenvalue weighted by Gasteiger charge is 2.13. The molecule has 3 rings (SSSR count). The highest BCUT2D eigenvalue weighted by Crippen LogP contribution is 2.09. The number of carbonyl (C=O) groups excluding carboxylic acids is 1. The number of nitrogens with one attached hydrogen (secondary N) is 1. The molecular weight excluding hydrogens is 302 g/mol. The average molecular weight is 321 g/mol. The topological polar surface area (TPSA) is 67.2 Å². The molecule has 1 aromatic heterocycles. The zero-order chi connectivity index (χ0) is 16.8. The first-order valence-corrected chi connectivity index (χ1v) is 7.82. The molecule has 0 aliphatic heterocycles. The minimum atomic E-state index is -0.314. The van der Waals surface area contributed by atoms with Gasteiger partial charge in [0, 0.05) is 18.0 Å². The van der Waals surface area contributed by atoms with Crippen molar-refractivity contribution in [3.8, 4) is 5.69 Å². The lowest BCUT2D eigenvalue weighted by Gasteiger charge is -2.16. The zero-order valence-electron chi connectivity index (χ0n) is 13.2. The Labute approximate surface area is 140 Å². The second-order valence-electron chi connectivity index (χ2n) is 5.54. The summed E-state index contributed by atoms with van der Waals surface area (Å²) < 4.78 is 1.73. The Morgan fingerprint density at radius 1 is 1.08 bits per heavy atom. The first-order valence-electron chi connectivity index (χ1n) is 7.82. The molecule has 1 unspecified atom stereocenters. The Hall–Kier alpha value is -2.92. The maximum absolute atomic E-state index is 12.4. The van der Waals surface area contributed by atoms with Crippen molar-refractivity contribution in [3.05, 3.63) is 84.2 Å². The van der Waals surface area contributed by atoms with Crippen LogP contribution >= 0.6 is 0 Å². The Bertz CT molecular complexity index is 768.